The molecule has 0 saturated carbocycles. The van der Waals surface area contributed by atoms with E-state index in [9.17, 15) is 0 Å². The third-order valence-corrected chi connectivity index (χ3v) is 11.3. The molecule has 10 aromatic rings. The summed E-state index contributed by atoms with van der Waals surface area (Å²) in [4.78, 5) is 5.65. The molecule has 1 aliphatic rings. The van der Waals surface area contributed by atoms with Gasteiger partial charge in [-0.2, -0.15) is 0 Å². The summed E-state index contributed by atoms with van der Waals surface area (Å²) < 4.78 is 2.43. The molecule has 0 amide bonds. The fraction of sp³-hybridized carbons (Fsp3) is 0.0625. The summed E-state index contributed by atoms with van der Waals surface area (Å²) in [7, 11) is 0. The van der Waals surface area contributed by atoms with Gasteiger partial charge in [-0.1, -0.05) is 153 Å². The number of rotatable bonds is 2. The molecule has 2 aromatic heterocycles. The van der Waals surface area contributed by atoms with E-state index < -0.39 is 0 Å². The topological polar surface area (TPSA) is 17.8 Å². The van der Waals surface area contributed by atoms with E-state index in [-0.39, 0.29) is 5.41 Å². The second kappa shape index (κ2) is 9.90. The molecule has 0 spiro atoms. The van der Waals surface area contributed by atoms with Crippen LogP contribution in [-0.2, 0) is 5.41 Å². The maximum absolute atomic E-state index is 5.65. The van der Waals surface area contributed by atoms with Gasteiger partial charge in [0.05, 0.1) is 16.7 Å². The van der Waals surface area contributed by atoms with Crippen molar-refractivity contribution in [3.8, 4) is 28.2 Å². The van der Waals surface area contributed by atoms with Crippen molar-refractivity contribution >= 4 is 64.9 Å². The molecule has 1 aliphatic carbocycles. The molecule has 0 radical (unpaired) electrons. The zero-order valence-corrected chi connectivity index (χ0v) is 27.9. The summed E-state index contributed by atoms with van der Waals surface area (Å²) in [6, 6.07) is 57.9. The van der Waals surface area contributed by atoms with Crippen LogP contribution >= 0.6 is 0 Å². The number of pyridine rings is 1. The van der Waals surface area contributed by atoms with Gasteiger partial charge in [-0.3, -0.25) is 4.57 Å². The van der Waals surface area contributed by atoms with Crippen LogP contribution < -0.4 is 0 Å². The van der Waals surface area contributed by atoms with Gasteiger partial charge in [0.25, 0.3) is 0 Å². The number of benzene rings is 8. The lowest BCUT2D eigenvalue weighted by molar-refractivity contribution is 0.660. The number of hydrogen-bond donors (Lipinski definition) is 0. The molecule has 0 bridgehead atoms. The monoisotopic (exact) mass is 636 g/mol. The highest BCUT2D eigenvalue weighted by atomic mass is 15.1. The van der Waals surface area contributed by atoms with E-state index in [1.165, 1.54) is 92.7 Å². The van der Waals surface area contributed by atoms with Gasteiger partial charge in [-0.05, 0) is 78.2 Å². The maximum atomic E-state index is 5.65. The quantitative estimate of drug-likeness (QED) is 0.173. The number of aromatic nitrogens is 2. The predicted molar refractivity (Wildman–Crippen MR) is 212 cm³/mol. The Morgan fingerprint density at radius 3 is 1.82 bits per heavy atom. The van der Waals surface area contributed by atoms with Gasteiger partial charge < -0.3 is 0 Å². The Hall–Kier alpha value is -6.25. The largest absolute Gasteiger partial charge is 0.294 e. The van der Waals surface area contributed by atoms with Crippen LogP contribution in [0, 0.1) is 0 Å². The summed E-state index contributed by atoms with van der Waals surface area (Å²) in [5.74, 6) is 0.940. The first-order valence-corrected chi connectivity index (χ1v) is 17.5. The standard InChI is InChI=1S/C48H32N2/c1-48(2)39-23-13-12-22-37(39)47-46(48)38(29-14-4-3-5-15-29)28-42(49-47)50-40-26-24-30-16-6-7-17-31(30)44(40)45-41(50)27-25-36-34-20-9-8-18-32(34)33-19-10-11-21-35(33)43(36)45/h3-28H,1-2H3. The molecule has 50 heavy (non-hydrogen) atoms. The molecular formula is C48H32N2. The average molecular weight is 637 g/mol. The van der Waals surface area contributed by atoms with Crippen molar-refractivity contribution in [2.75, 3.05) is 0 Å². The molecule has 2 heteroatoms. The highest BCUT2D eigenvalue weighted by molar-refractivity contribution is 6.37. The Bertz CT molecular complexity index is 3020. The summed E-state index contributed by atoms with van der Waals surface area (Å²) in [5, 5.41) is 12.8. The number of nitrogens with zero attached hydrogens (tertiary/aromatic N) is 2. The Kier molecular flexibility index (Phi) is 5.48. The zero-order valence-electron chi connectivity index (χ0n) is 27.9. The second-order valence-electron chi connectivity index (χ2n) is 14.3. The summed E-state index contributed by atoms with van der Waals surface area (Å²) in [5.41, 5.74) is 9.52. The van der Waals surface area contributed by atoms with Gasteiger partial charge in [0.1, 0.15) is 5.82 Å². The predicted octanol–water partition coefficient (Wildman–Crippen LogP) is 12.8. The van der Waals surface area contributed by atoms with Gasteiger partial charge in [-0.15, -0.1) is 0 Å². The Morgan fingerprint density at radius 1 is 0.460 bits per heavy atom. The van der Waals surface area contributed by atoms with Crippen molar-refractivity contribution in [2.24, 2.45) is 0 Å². The van der Waals surface area contributed by atoms with Crippen molar-refractivity contribution in [3.63, 3.8) is 0 Å². The van der Waals surface area contributed by atoms with E-state index in [0.29, 0.717) is 0 Å². The minimum Gasteiger partial charge on any atom is -0.294 e. The van der Waals surface area contributed by atoms with Crippen molar-refractivity contribution in [1.29, 1.82) is 0 Å². The Labute approximate surface area is 289 Å². The summed E-state index contributed by atoms with van der Waals surface area (Å²) in [6.07, 6.45) is 0. The third kappa shape index (κ3) is 3.55. The van der Waals surface area contributed by atoms with Crippen molar-refractivity contribution in [3.05, 3.63) is 169 Å². The molecule has 0 atom stereocenters. The highest BCUT2D eigenvalue weighted by Gasteiger charge is 2.39. The smallest absolute Gasteiger partial charge is 0.138 e. The normalized spacial score (nSPS) is 13.6. The van der Waals surface area contributed by atoms with E-state index in [2.05, 4.69) is 176 Å². The van der Waals surface area contributed by atoms with E-state index in [4.69, 9.17) is 4.98 Å². The first-order chi connectivity index (χ1) is 24.6. The van der Waals surface area contributed by atoms with Crippen LogP contribution in [0.15, 0.2) is 158 Å². The SMILES string of the molecule is CC1(C)c2ccccc2-c2nc(-n3c4ccc5ccccc5c4c4c5c6ccccc6c6ccccc6c5ccc43)cc(-c3ccccc3)c21. The molecule has 0 fully saturated rings. The van der Waals surface area contributed by atoms with Crippen LogP contribution in [0.2, 0.25) is 0 Å². The van der Waals surface area contributed by atoms with Crippen LogP contribution in [0.4, 0.5) is 0 Å². The van der Waals surface area contributed by atoms with Crippen LogP contribution in [-0.4, -0.2) is 9.55 Å². The van der Waals surface area contributed by atoms with Gasteiger partial charge in [-0.25, -0.2) is 4.98 Å². The molecule has 2 heterocycles. The second-order valence-corrected chi connectivity index (χ2v) is 14.3. The lowest BCUT2D eigenvalue weighted by atomic mass is 9.79. The molecule has 234 valence electrons. The fourth-order valence-corrected chi connectivity index (χ4v) is 9.20. The van der Waals surface area contributed by atoms with Gasteiger partial charge >= 0.3 is 0 Å². The van der Waals surface area contributed by atoms with Crippen LogP contribution in [0.1, 0.15) is 25.0 Å². The number of hydrogen-bond acceptors (Lipinski definition) is 1. The van der Waals surface area contributed by atoms with Crippen LogP contribution in [0.5, 0.6) is 0 Å². The molecule has 0 unspecified atom stereocenters. The lowest BCUT2D eigenvalue weighted by Gasteiger charge is -2.24. The van der Waals surface area contributed by atoms with Crippen LogP contribution in [0.3, 0.4) is 0 Å². The van der Waals surface area contributed by atoms with Crippen LogP contribution in [0.25, 0.3) is 93.1 Å². The highest BCUT2D eigenvalue weighted by Crippen LogP contribution is 2.52. The first-order valence-electron chi connectivity index (χ1n) is 17.5. The number of fused-ring (bicyclic) bond motifs is 15. The fourth-order valence-electron chi connectivity index (χ4n) is 9.20. The summed E-state index contributed by atoms with van der Waals surface area (Å²) in [6.45, 7) is 4.69. The first kappa shape index (κ1) is 27.7. The van der Waals surface area contributed by atoms with Crippen molar-refractivity contribution < 1.29 is 0 Å². The van der Waals surface area contributed by atoms with Gasteiger partial charge in [0, 0.05) is 27.1 Å². The molecule has 0 N–H and O–H groups in total. The molecule has 2 nitrogen and oxygen atoms in total. The average Bonchev–Trinajstić information content (AvgIpc) is 3.64. The summed E-state index contributed by atoms with van der Waals surface area (Å²) >= 11 is 0. The minimum absolute atomic E-state index is 0.185. The maximum Gasteiger partial charge on any atom is 0.138 e. The van der Waals surface area contributed by atoms with E-state index in [0.717, 1.165) is 11.5 Å². The molecule has 0 saturated heterocycles. The Morgan fingerprint density at radius 2 is 1.04 bits per heavy atom. The van der Waals surface area contributed by atoms with Gasteiger partial charge in [0.2, 0.25) is 0 Å². The Balaban J connectivity index is 1.37. The molecule has 8 aromatic carbocycles. The minimum atomic E-state index is -0.185. The van der Waals surface area contributed by atoms with E-state index >= 15 is 0 Å². The molecule has 11 rings (SSSR count). The third-order valence-electron chi connectivity index (χ3n) is 11.3. The van der Waals surface area contributed by atoms with E-state index in [1.54, 1.807) is 0 Å². The lowest BCUT2D eigenvalue weighted by Crippen LogP contribution is -2.17. The molecular weight excluding hydrogens is 605 g/mol. The molecule has 0 aliphatic heterocycles. The van der Waals surface area contributed by atoms with Crippen molar-refractivity contribution in [2.45, 2.75) is 19.3 Å². The van der Waals surface area contributed by atoms with Crippen molar-refractivity contribution in [1.82, 2.24) is 9.55 Å². The van der Waals surface area contributed by atoms with E-state index in [1.807, 2.05) is 0 Å². The van der Waals surface area contributed by atoms with Gasteiger partial charge in [0.15, 0.2) is 0 Å². The zero-order chi connectivity index (χ0) is 33.1.